The van der Waals surface area contributed by atoms with Crippen LogP contribution in [0.4, 0.5) is 0 Å². The Balaban J connectivity index is 1.83. The monoisotopic (exact) mass is 310 g/mol. The van der Waals surface area contributed by atoms with Gasteiger partial charge in [0.15, 0.2) is 0 Å². The highest BCUT2D eigenvalue weighted by Crippen LogP contribution is 2.28. The van der Waals surface area contributed by atoms with Gasteiger partial charge in [0.1, 0.15) is 18.4 Å². The lowest BCUT2D eigenvalue weighted by atomic mass is 10.1. The Morgan fingerprint density at radius 3 is 2.73 bits per heavy atom. The second-order valence-electron chi connectivity index (χ2n) is 6.10. The van der Waals surface area contributed by atoms with E-state index >= 15 is 0 Å². The van der Waals surface area contributed by atoms with Gasteiger partial charge >= 0.3 is 0 Å². The van der Waals surface area contributed by atoms with Crippen molar-refractivity contribution in [3.05, 3.63) is 29.8 Å². The van der Waals surface area contributed by atoms with E-state index in [2.05, 4.69) is 5.32 Å². The van der Waals surface area contributed by atoms with E-state index in [1.165, 1.54) is 12.8 Å². The van der Waals surface area contributed by atoms with Crippen LogP contribution in [-0.4, -0.2) is 43.5 Å². The molecule has 1 atom stereocenters. The number of hydrogen-bond donors (Lipinski definition) is 2. The lowest BCUT2D eigenvalue weighted by Gasteiger charge is -2.15. The highest BCUT2D eigenvalue weighted by atomic mass is 16.5. The first kappa shape index (κ1) is 13.3. The van der Waals surface area contributed by atoms with Gasteiger partial charge in [-0.05, 0) is 42.9 Å². The third-order valence-corrected chi connectivity index (χ3v) is 3.47. The largest absolute Gasteiger partial charge is 0.491 e. The van der Waals surface area contributed by atoms with E-state index in [0.717, 1.165) is 24.5 Å². The molecule has 4 heteroatoms. The molecule has 1 saturated carbocycles. The summed E-state index contributed by atoms with van der Waals surface area (Å²) in [5.41, 5.74) is 1.08. The van der Waals surface area contributed by atoms with E-state index in [1.54, 1.807) is 12.1 Å². The fourth-order valence-electron chi connectivity index (χ4n) is 1.90. The summed E-state index contributed by atoms with van der Waals surface area (Å²) in [4.78, 5) is 0. The molecule has 0 heterocycles. The smallest absolute Gasteiger partial charge is 0.119 e. The molecule has 1 unspecified atom stereocenters. The van der Waals surface area contributed by atoms with Crippen molar-refractivity contribution < 1.29 is 18.7 Å². The van der Waals surface area contributed by atoms with Gasteiger partial charge in [0.05, 0.1) is 10.7 Å². The summed E-state index contributed by atoms with van der Waals surface area (Å²) in [5, 5.41) is 12.9. The van der Waals surface area contributed by atoms with Crippen molar-refractivity contribution in [2.45, 2.75) is 45.2 Å². The number of rotatable bonds is 11. The molecule has 4 nitrogen and oxygen atoms in total. The molecule has 0 aromatic heterocycles. The van der Waals surface area contributed by atoms with Gasteiger partial charge in [-0.25, -0.2) is 0 Å². The van der Waals surface area contributed by atoms with Gasteiger partial charge in [-0.15, -0.1) is 0 Å². The van der Waals surface area contributed by atoms with Crippen LogP contribution in [0.15, 0.2) is 24.3 Å². The van der Waals surface area contributed by atoms with Crippen molar-refractivity contribution in [3.63, 3.8) is 0 Å². The number of benzene rings is 1. The first-order valence-corrected chi connectivity index (χ1v) is 8.01. The molecule has 0 radical (unpaired) electrons. The SMILES string of the molecule is [2H]C(O)(CNC(C)C)C([2H])([2H])Oc1ccc(CCOCC2CC2)cc1. The van der Waals surface area contributed by atoms with Crippen molar-refractivity contribution in [3.8, 4) is 5.75 Å². The molecule has 1 aliphatic rings. The quantitative estimate of drug-likeness (QED) is 0.616. The molecule has 0 bridgehead atoms. The molecule has 0 amide bonds. The van der Waals surface area contributed by atoms with E-state index in [-0.39, 0.29) is 18.3 Å². The molecular formula is C18H29NO3. The summed E-state index contributed by atoms with van der Waals surface area (Å²) >= 11 is 0. The standard InChI is InChI=1S/C18H29NO3/c1-14(2)19-11-17(20)13-22-18-7-5-15(6-8-18)9-10-21-12-16-3-4-16/h5-8,14,16-17,19-20H,3-4,9-13H2,1-2H3/i13D2,17D. The third-order valence-electron chi connectivity index (χ3n) is 3.47. The van der Waals surface area contributed by atoms with Gasteiger partial charge in [-0.3, -0.25) is 0 Å². The Kier molecular flexibility index (Phi) is 5.54. The van der Waals surface area contributed by atoms with Crippen molar-refractivity contribution in [2.75, 3.05) is 26.3 Å². The molecule has 1 aromatic carbocycles. The second-order valence-corrected chi connectivity index (χ2v) is 6.10. The summed E-state index contributed by atoms with van der Waals surface area (Å²) in [7, 11) is 0. The highest BCUT2D eigenvalue weighted by Gasteiger charge is 2.20. The van der Waals surface area contributed by atoms with Crippen molar-refractivity contribution in [1.82, 2.24) is 5.32 Å². The molecule has 0 spiro atoms. The Bertz CT molecular complexity index is 531. The van der Waals surface area contributed by atoms with Crippen LogP contribution in [-0.2, 0) is 11.2 Å². The predicted octanol–water partition coefficient (Wildman–Crippen LogP) is 2.39. The predicted molar refractivity (Wildman–Crippen MR) is 88.3 cm³/mol. The number of hydrogen-bond acceptors (Lipinski definition) is 4. The molecule has 0 aliphatic heterocycles. The number of aliphatic hydroxyl groups is 1. The minimum atomic E-state index is -2.54. The van der Waals surface area contributed by atoms with E-state index in [9.17, 15) is 5.11 Å². The van der Waals surface area contributed by atoms with Crippen LogP contribution in [0.3, 0.4) is 0 Å². The van der Waals surface area contributed by atoms with Gasteiger partial charge in [0, 0.05) is 19.2 Å². The maximum atomic E-state index is 10.1. The van der Waals surface area contributed by atoms with E-state index < -0.39 is 12.6 Å². The molecule has 1 fully saturated rings. The summed E-state index contributed by atoms with van der Waals surface area (Å²) in [6.45, 7) is 2.47. The van der Waals surface area contributed by atoms with E-state index in [0.29, 0.717) is 6.61 Å². The molecule has 2 rings (SSSR count). The zero-order valence-electron chi connectivity index (χ0n) is 16.5. The van der Waals surface area contributed by atoms with Crippen molar-refractivity contribution in [1.29, 1.82) is 0 Å². The van der Waals surface area contributed by atoms with Gasteiger partial charge in [-0.2, -0.15) is 0 Å². The summed E-state index contributed by atoms with van der Waals surface area (Å²) in [6.07, 6.45) is 0.958. The number of nitrogens with one attached hydrogen (secondary N) is 1. The van der Waals surface area contributed by atoms with Crippen LogP contribution in [0.1, 0.15) is 36.4 Å². The minimum absolute atomic E-state index is 0.0362. The maximum absolute atomic E-state index is 10.1. The van der Waals surface area contributed by atoms with Gasteiger partial charge in [0.2, 0.25) is 0 Å². The average Bonchev–Trinajstić information content (AvgIpc) is 3.35. The molecule has 124 valence electrons. The van der Waals surface area contributed by atoms with Gasteiger partial charge in [0.25, 0.3) is 0 Å². The van der Waals surface area contributed by atoms with Crippen LogP contribution in [0.25, 0.3) is 0 Å². The van der Waals surface area contributed by atoms with E-state index in [4.69, 9.17) is 13.6 Å². The normalized spacial score (nSPS) is 20.1. The zero-order valence-corrected chi connectivity index (χ0v) is 13.5. The Morgan fingerprint density at radius 2 is 2.09 bits per heavy atom. The zero-order chi connectivity index (χ0) is 18.5. The fraction of sp³-hybridized carbons (Fsp3) is 0.667. The molecule has 1 aromatic rings. The van der Waals surface area contributed by atoms with Crippen LogP contribution >= 0.6 is 0 Å². The first-order chi connectivity index (χ1) is 11.7. The molecular weight excluding hydrogens is 278 g/mol. The van der Waals surface area contributed by atoms with Crippen LogP contribution in [0.2, 0.25) is 0 Å². The molecule has 2 N–H and O–H groups in total. The van der Waals surface area contributed by atoms with Crippen LogP contribution < -0.4 is 10.1 Å². The summed E-state index contributed by atoms with van der Waals surface area (Å²) in [5.74, 6) is 1.04. The van der Waals surface area contributed by atoms with Gasteiger partial charge < -0.3 is 19.9 Å². The third kappa shape index (κ3) is 7.25. The molecule has 0 saturated heterocycles. The Morgan fingerprint density at radius 1 is 1.36 bits per heavy atom. The fourth-order valence-corrected chi connectivity index (χ4v) is 1.90. The average molecular weight is 310 g/mol. The van der Waals surface area contributed by atoms with Crippen molar-refractivity contribution >= 4 is 0 Å². The Labute approximate surface area is 138 Å². The van der Waals surface area contributed by atoms with Crippen LogP contribution in [0, 0.1) is 5.92 Å². The topological polar surface area (TPSA) is 50.7 Å². The molecule has 1 aliphatic carbocycles. The highest BCUT2D eigenvalue weighted by molar-refractivity contribution is 5.27. The van der Waals surface area contributed by atoms with Crippen molar-refractivity contribution in [2.24, 2.45) is 5.92 Å². The molecule has 22 heavy (non-hydrogen) atoms. The Hall–Kier alpha value is -1.10. The minimum Gasteiger partial charge on any atom is -0.491 e. The number of ether oxygens (including phenoxy) is 2. The van der Waals surface area contributed by atoms with Gasteiger partial charge in [-0.1, -0.05) is 26.0 Å². The second kappa shape index (κ2) is 9.13. The first-order valence-electron chi connectivity index (χ1n) is 9.51. The maximum Gasteiger partial charge on any atom is 0.119 e. The lowest BCUT2D eigenvalue weighted by Crippen LogP contribution is -2.35. The van der Waals surface area contributed by atoms with Crippen LogP contribution in [0.5, 0.6) is 5.75 Å². The summed E-state index contributed by atoms with van der Waals surface area (Å²) in [6, 6.07) is 7.04. The lowest BCUT2D eigenvalue weighted by molar-refractivity contribution is 0.104. The van der Waals surface area contributed by atoms with E-state index in [1.807, 2.05) is 26.0 Å². The summed E-state index contributed by atoms with van der Waals surface area (Å²) < 4.78 is 34.5.